The largest absolute Gasteiger partial charge is 0.495 e. The van der Waals surface area contributed by atoms with Crippen molar-refractivity contribution in [1.29, 1.82) is 0 Å². The fraction of sp³-hybridized carbons (Fsp3) is 0.391. The number of para-hydroxylation sites is 1. The Labute approximate surface area is 188 Å². The molecule has 0 saturated carbocycles. The van der Waals surface area contributed by atoms with Crippen molar-refractivity contribution in [3.05, 3.63) is 54.1 Å². The average Bonchev–Trinajstić information content (AvgIpc) is 3.12. The van der Waals surface area contributed by atoms with Crippen LogP contribution in [-0.2, 0) is 19.6 Å². The molecule has 0 N–H and O–H groups in total. The summed E-state index contributed by atoms with van der Waals surface area (Å²) in [6.45, 7) is 0.394. The molecule has 9 heteroatoms. The summed E-state index contributed by atoms with van der Waals surface area (Å²) in [5, 5.41) is 0. The molecule has 1 amide bonds. The number of esters is 1. The van der Waals surface area contributed by atoms with E-state index in [0.29, 0.717) is 18.8 Å². The van der Waals surface area contributed by atoms with Crippen molar-refractivity contribution >= 4 is 27.6 Å². The number of carbonyl (C=O) groups excluding carboxylic acids is 2. The Kier molecular flexibility index (Phi) is 7.87. The van der Waals surface area contributed by atoms with Gasteiger partial charge in [0, 0.05) is 25.8 Å². The molecule has 1 aliphatic heterocycles. The number of nitrogens with zero attached hydrogens (tertiary/aromatic N) is 2. The predicted molar refractivity (Wildman–Crippen MR) is 120 cm³/mol. The zero-order valence-corrected chi connectivity index (χ0v) is 19.1. The third-order valence-electron chi connectivity index (χ3n) is 5.43. The standard InChI is InChI=1S/C23H28N2O6S/c1-24(19-10-6-5-7-11-19)22(26)17-31-23(27)18-12-13-20(30-2)21(16-18)32(28,29)25-14-8-3-4-9-15-25/h5-7,10-13,16H,3-4,8-9,14-15,17H2,1-2H3. The number of hydrogen-bond donors (Lipinski definition) is 0. The first-order chi connectivity index (χ1) is 15.3. The van der Waals surface area contributed by atoms with E-state index in [9.17, 15) is 18.0 Å². The highest BCUT2D eigenvalue weighted by Crippen LogP contribution is 2.29. The number of likely N-dealkylation sites (N-methyl/N-ethyl adjacent to an activating group) is 1. The van der Waals surface area contributed by atoms with Gasteiger partial charge in [-0.3, -0.25) is 4.79 Å². The summed E-state index contributed by atoms with van der Waals surface area (Å²) < 4.78 is 38.3. The molecule has 3 rings (SSSR count). The first-order valence-corrected chi connectivity index (χ1v) is 12.0. The summed E-state index contributed by atoms with van der Waals surface area (Å²) in [5.41, 5.74) is 0.707. The van der Waals surface area contributed by atoms with E-state index < -0.39 is 28.5 Å². The number of sulfonamides is 1. The second-order valence-corrected chi connectivity index (χ2v) is 9.45. The van der Waals surface area contributed by atoms with Gasteiger partial charge < -0.3 is 14.4 Å². The minimum Gasteiger partial charge on any atom is -0.495 e. The van der Waals surface area contributed by atoms with Crippen LogP contribution in [0.2, 0.25) is 0 Å². The maximum Gasteiger partial charge on any atom is 0.338 e. The number of amides is 1. The van der Waals surface area contributed by atoms with Crippen molar-refractivity contribution in [3.8, 4) is 5.75 Å². The van der Waals surface area contributed by atoms with Gasteiger partial charge in [-0.25, -0.2) is 13.2 Å². The number of hydrogen-bond acceptors (Lipinski definition) is 6. The lowest BCUT2D eigenvalue weighted by Gasteiger charge is -2.21. The third-order valence-corrected chi connectivity index (χ3v) is 7.35. The molecule has 0 bridgehead atoms. The zero-order chi connectivity index (χ0) is 23.1. The Morgan fingerprint density at radius 1 is 1.00 bits per heavy atom. The fourth-order valence-corrected chi connectivity index (χ4v) is 5.23. The summed E-state index contributed by atoms with van der Waals surface area (Å²) in [6.07, 6.45) is 3.56. The molecule has 32 heavy (non-hydrogen) atoms. The van der Waals surface area contributed by atoms with Gasteiger partial charge in [-0.1, -0.05) is 31.0 Å². The summed E-state index contributed by atoms with van der Waals surface area (Å²) in [6, 6.07) is 13.1. The number of rotatable bonds is 7. The van der Waals surface area contributed by atoms with Gasteiger partial charge in [0.25, 0.3) is 5.91 Å². The Morgan fingerprint density at radius 3 is 2.28 bits per heavy atom. The lowest BCUT2D eigenvalue weighted by molar-refractivity contribution is -0.121. The molecule has 1 aliphatic rings. The molecule has 1 heterocycles. The molecule has 0 radical (unpaired) electrons. The zero-order valence-electron chi connectivity index (χ0n) is 18.3. The second kappa shape index (κ2) is 10.6. The molecule has 2 aromatic carbocycles. The smallest absolute Gasteiger partial charge is 0.338 e. The molecule has 1 fully saturated rings. The van der Waals surface area contributed by atoms with Gasteiger partial charge >= 0.3 is 5.97 Å². The van der Waals surface area contributed by atoms with Crippen LogP contribution in [0, 0.1) is 0 Å². The van der Waals surface area contributed by atoms with Crippen LogP contribution in [0.15, 0.2) is 53.4 Å². The van der Waals surface area contributed by atoms with Gasteiger partial charge in [0.1, 0.15) is 10.6 Å². The van der Waals surface area contributed by atoms with Crippen LogP contribution in [0.3, 0.4) is 0 Å². The third kappa shape index (κ3) is 5.46. The van der Waals surface area contributed by atoms with Crippen LogP contribution in [-0.4, -0.2) is 58.5 Å². The van der Waals surface area contributed by atoms with Crippen LogP contribution >= 0.6 is 0 Å². The van der Waals surface area contributed by atoms with Crippen molar-refractivity contribution in [2.75, 3.05) is 38.8 Å². The van der Waals surface area contributed by atoms with Crippen LogP contribution in [0.25, 0.3) is 0 Å². The van der Waals surface area contributed by atoms with Crippen molar-refractivity contribution in [2.45, 2.75) is 30.6 Å². The number of carbonyl (C=O) groups is 2. The monoisotopic (exact) mass is 460 g/mol. The van der Waals surface area contributed by atoms with Crippen molar-refractivity contribution < 1.29 is 27.5 Å². The summed E-state index contributed by atoms with van der Waals surface area (Å²) in [5.74, 6) is -1.03. The number of methoxy groups -OCH3 is 1. The van der Waals surface area contributed by atoms with Crippen molar-refractivity contribution in [3.63, 3.8) is 0 Å². The first-order valence-electron chi connectivity index (χ1n) is 10.5. The maximum atomic E-state index is 13.2. The maximum absolute atomic E-state index is 13.2. The van der Waals surface area contributed by atoms with Gasteiger partial charge in [-0.2, -0.15) is 4.31 Å². The van der Waals surface area contributed by atoms with Crippen LogP contribution in [0.4, 0.5) is 5.69 Å². The predicted octanol–water partition coefficient (Wildman–Crippen LogP) is 3.08. The highest BCUT2D eigenvalue weighted by atomic mass is 32.2. The Hall–Kier alpha value is -2.91. The van der Waals surface area contributed by atoms with Crippen LogP contribution in [0.5, 0.6) is 5.75 Å². The Balaban J connectivity index is 1.75. The average molecular weight is 461 g/mol. The van der Waals surface area contributed by atoms with Gasteiger partial charge in [0.15, 0.2) is 6.61 Å². The fourth-order valence-electron chi connectivity index (χ4n) is 3.53. The van der Waals surface area contributed by atoms with E-state index in [-0.39, 0.29) is 16.2 Å². The van der Waals surface area contributed by atoms with Crippen molar-refractivity contribution in [2.24, 2.45) is 0 Å². The molecule has 0 aromatic heterocycles. The van der Waals surface area contributed by atoms with Gasteiger partial charge in [-0.05, 0) is 43.2 Å². The molecule has 0 spiro atoms. The quantitative estimate of drug-likeness (QED) is 0.590. The second-order valence-electron chi connectivity index (χ2n) is 7.55. The van der Waals surface area contributed by atoms with Crippen molar-refractivity contribution in [1.82, 2.24) is 4.31 Å². The topological polar surface area (TPSA) is 93.2 Å². The molecule has 2 aromatic rings. The van der Waals surface area contributed by atoms with E-state index in [1.54, 1.807) is 31.3 Å². The molecular formula is C23H28N2O6S. The van der Waals surface area contributed by atoms with Crippen LogP contribution in [0.1, 0.15) is 36.0 Å². The first kappa shape index (κ1) is 23.7. The van der Waals surface area contributed by atoms with E-state index in [2.05, 4.69) is 0 Å². The molecule has 8 nitrogen and oxygen atoms in total. The van der Waals surface area contributed by atoms with E-state index in [4.69, 9.17) is 9.47 Å². The summed E-state index contributed by atoms with van der Waals surface area (Å²) >= 11 is 0. The normalized spacial score (nSPS) is 14.9. The lowest BCUT2D eigenvalue weighted by atomic mass is 10.2. The van der Waals surface area contributed by atoms with Crippen LogP contribution < -0.4 is 9.64 Å². The highest BCUT2D eigenvalue weighted by molar-refractivity contribution is 7.89. The Morgan fingerprint density at radius 2 is 1.66 bits per heavy atom. The molecular weight excluding hydrogens is 432 g/mol. The minimum absolute atomic E-state index is 0.0364. The van der Waals surface area contributed by atoms with E-state index >= 15 is 0 Å². The minimum atomic E-state index is -3.84. The molecule has 172 valence electrons. The van der Waals surface area contributed by atoms with E-state index in [0.717, 1.165) is 25.7 Å². The molecule has 0 unspecified atom stereocenters. The number of anilines is 1. The molecule has 1 saturated heterocycles. The molecule has 0 aliphatic carbocycles. The number of ether oxygens (including phenoxy) is 2. The van der Waals surface area contributed by atoms with Gasteiger partial charge in [-0.15, -0.1) is 0 Å². The van der Waals surface area contributed by atoms with E-state index in [1.165, 1.54) is 34.5 Å². The number of benzene rings is 2. The lowest BCUT2D eigenvalue weighted by Crippen LogP contribution is -2.32. The Bertz CT molecular complexity index is 1050. The highest BCUT2D eigenvalue weighted by Gasteiger charge is 2.29. The summed E-state index contributed by atoms with van der Waals surface area (Å²) in [4.78, 5) is 26.3. The molecule has 0 atom stereocenters. The van der Waals surface area contributed by atoms with E-state index in [1.807, 2.05) is 6.07 Å². The van der Waals surface area contributed by atoms with Gasteiger partial charge in [0.05, 0.1) is 12.7 Å². The van der Waals surface area contributed by atoms with Gasteiger partial charge in [0.2, 0.25) is 10.0 Å². The summed E-state index contributed by atoms with van der Waals surface area (Å²) in [7, 11) is -0.870. The SMILES string of the molecule is COc1ccc(C(=O)OCC(=O)N(C)c2ccccc2)cc1S(=O)(=O)N1CCCCCC1.